The number of nitrogens with one attached hydrogen (secondary N) is 1. The molecule has 4 nitrogen and oxygen atoms in total. The normalized spacial score (nSPS) is 10.2. The van der Waals surface area contributed by atoms with Gasteiger partial charge in [-0.2, -0.15) is 0 Å². The number of aryl methyl sites for hydroxylation is 1. The highest BCUT2D eigenvalue weighted by atomic mass is 79.9. The predicted octanol–water partition coefficient (Wildman–Crippen LogP) is 4.36. The summed E-state index contributed by atoms with van der Waals surface area (Å²) in [6.07, 6.45) is 0. The van der Waals surface area contributed by atoms with Crippen LogP contribution < -0.4 is 5.32 Å². The van der Waals surface area contributed by atoms with Crippen molar-refractivity contribution in [2.75, 3.05) is 5.32 Å². The number of carboxylic acids is 1. The molecule has 0 saturated heterocycles. The Labute approximate surface area is 134 Å². The molecule has 0 radical (unpaired) electrons. The summed E-state index contributed by atoms with van der Waals surface area (Å²) in [5.41, 5.74) is 1.76. The Bertz CT molecular complexity index is 731. The highest BCUT2D eigenvalue weighted by Crippen LogP contribution is 2.23. The fourth-order valence-corrected chi connectivity index (χ4v) is 2.72. The molecule has 2 aromatic carbocycles. The van der Waals surface area contributed by atoms with Crippen LogP contribution >= 0.6 is 27.5 Å². The van der Waals surface area contributed by atoms with Gasteiger partial charge in [-0.1, -0.05) is 11.6 Å². The maximum Gasteiger partial charge on any atom is 0.335 e. The summed E-state index contributed by atoms with van der Waals surface area (Å²) in [5, 5.41) is 12.2. The first-order chi connectivity index (χ1) is 9.88. The van der Waals surface area contributed by atoms with Crippen LogP contribution in [0.2, 0.25) is 5.02 Å². The van der Waals surface area contributed by atoms with Crippen LogP contribution in [0.1, 0.15) is 26.3 Å². The molecule has 0 aromatic heterocycles. The summed E-state index contributed by atoms with van der Waals surface area (Å²) in [4.78, 5) is 23.1. The zero-order valence-electron chi connectivity index (χ0n) is 11.0. The van der Waals surface area contributed by atoms with E-state index in [0.717, 1.165) is 0 Å². The van der Waals surface area contributed by atoms with Gasteiger partial charge in [0.1, 0.15) is 0 Å². The quantitative estimate of drug-likeness (QED) is 0.846. The van der Waals surface area contributed by atoms with E-state index in [-0.39, 0.29) is 11.5 Å². The SMILES string of the molecule is Cc1cc(NC(=O)c2ccc(Cl)cc2Br)ccc1C(=O)O. The van der Waals surface area contributed by atoms with E-state index in [0.29, 0.717) is 26.3 Å². The maximum absolute atomic E-state index is 12.2. The molecule has 2 N–H and O–H groups in total. The first kappa shape index (κ1) is 15.5. The summed E-state index contributed by atoms with van der Waals surface area (Å²) < 4.78 is 0.589. The summed E-state index contributed by atoms with van der Waals surface area (Å²) >= 11 is 9.12. The molecular weight excluding hydrogens is 358 g/mol. The number of hydrogen-bond acceptors (Lipinski definition) is 2. The fraction of sp³-hybridized carbons (Fsp3) is 0.0667. The third-order valence-electron chi connectivity index (χ3n) is 2.89. The number of rotatable bonds is 3. The van der Waals surface area contributed by atoms with E-state index in [2.05, 4.69) is 21.2 Å². The summed E-state index contributed by atoms with van der Waals surface area (Å²) in [5.74, 6) is -1.30. The van der Waals surface area contributed by atoms with Crippen molar-refractivity contribution in [1.29, 1.82) is 0 Å². The molecule has 0 spiro atoms. The van der Waals surface area contributed by atoms with Crippen LogP contribution in [-0.2, 0) is 0 Å². The smallest absolute Gasteiger partial charge is 0.335 e. The van der Waals surface area contributed by atoms with Crippen LogP contribution in [0.3, 0.4) is 0 Å². The van der Waals surface area contributed by atoms with Gasteiger partial charge in [-0.25, -0.2) is 4.79 Å². The topological polar surface area (TPSA) is 66.4 Å². The Morgan fingerprint density at radius 3 is 2.38 bits per heavy atom. The molecule has 2 rings (SSSR count). The van der Waals surface area contributed by atoms with Gasteiger partial charge in [0, 0.05) is 15.2 Å². The molecular formula is C15H11BrClNO3. The van der Waals surface area contributed by atoms with Crippen LogP contribution in [0.15, 0.2) is 40.9 Å². The lowest BCUT2D eigenvalue weighted by Crippen LogP contribution is -2.13. The molecule has 0 saturated carbocycles. The monoisotopic (exact) mass is 367 g/mol. The van der Waals surface area contributed by atoms with E-state index >= 15 is 0 Å². The Balaban J connectivity index is 2.23. The fourth-order valence-electron chi connectivity index (χ4n) is 1.85. The van der Waals surface area contributed by atoms with Crippen LogP contribution in [-0.4, -0.2) is 17.0 Å². The van der Waals surface area contributed by atoms with Crippen molar-refractivity contribution in [2.45, 2.75) is 6.92 Å². The number of carboxylic acid groups (broad SMARTS) is 1. The van der Waals surface area contributed by atoms with Gasteiger partial charge in [0.25, 0.3) is 5.91 Å². The van der Waals surface area contributed by atoms with Gasteiger partial charge < -0.3 is 10.4 Å². The molecule has 0 fully saturated rings. The minimum Gasteiger partial charge on any atom is -0.478 e. The minimum atomic E-state index is -0.995. The van der Waals surface area contributed by atoms with Crippen molar-refractivity contribution >= 4 is 45.1 Å². The van der Waals surface area contributed by atoms with Crippen LogP contribution in [0, 0.1) is 6.92 Å². The number of aromatic carboxylic acids is 1. The largest absolute Gasteiger partial charge is 0.478 e. The van der Waals surface area contributed by atoms with E-state index in [9.17, 15) is 9.59 Å². The third kappa shape index (κ3) is 3.62. The number of carbonyl (C=O) groups is 2. The number of carbonyl (C=O) groups excluding carboxylic acids is 1. The van der Waals surface area contributed by atoms with Crippen molar-refractivity contribution in [2.24, 2.45) is 0 Å². The average Bonchev–Trinajstić information content (AvgIpc) is 2.37. The van der Waals surface area contributed by atoms with Gasteiger partial charge in [-0.3, -0.25) is 4.79 Å². The molecule has 0 aliphatic rings. The van der Waals surface area contributed by atoms with Crippen LogP contribution in [0.25, 0.3) is 0 Å². The minimum absolute atomic E-state index is 0.209. The second-order valence-electron chi connectivity index (χ2n) is 4.41. The predicted molar refractivity (Wildman–Crippen MR) is 85.2 cm³/mol. The van der Waals surface area contributed by atoms with Gasteiger partial charge >= 0.3 is 5.97 Å². The van der Waals surface area contributed by atoms with Crippen molar-refractivity contribution < 1.29 is 14.7 Å². The molecule has 0 atom stereocenters. The average molecular weight is 369 g/mol. The highest BCUT2D eigenvalue weighted by Gasteiger charge is 2.12. The lowest BCUT2D eigenvalue weighted by atomic mass is 10.1. The molecule has 0 aliphatic carbocycles. The Kier molecular flexibility index (Phi) is 4.65. The first-order valence-electron chi connectivity index (χ1n) is 5.99. The van der Waals surface area contributed by atoms with Crippen molar-refractivity contribution in [1.82, 2.24) is 0 Å². The van der Waals surface area contributed by atoms with Gasteiger partial charge in [0.05, 0.1) is 11.1 Å². The van der Waals surface area contributed by atoms with Crippen molar-refractivity contribution in [3.63, 3.8) is 0 Å². The zero-order chi connectivity index (χ0) is 15.6. The second kappa shape index (κ2) is 6.28. The van der Waals surface area contributed by atoms with Crippen molar-refractivity contribution in [3.8, 4) is 0 Å². The molecule has 6 heteroatoms. The number of halogens is 2. The molecule has 0 heterocycles. The maximum atomic E-state index is 12.2. The van der Waals surface area contributed by atoms with E-state index in [4.69, 9.17) is 16.7 Å². The summed E-state index contributed by atoms with van der Waals surface area (Å²) in [6.45, 7) is 1.68. The van der Waals surface area contributed by atoms with Gasteiger partial charge in [0.2, 0.25) is 0 Å². The number of anilines is 1. The van der Waals surface area contributed by atoms with Crippen LogP contribution in [0.4, 0.5) is 5.69 Å². The number of amides is 1. The number of hydrogen-bond donors (Lipinski definition) is 2. The Morgan fingerprint density at radius 2 is 1.81 bits per heavy atom. The zero-order valence-corrected chi connectivity index (χ0v) is 13.3. The third-order valence-corrected chi connectivity index (χ3v) is 3.78. The molecule has 2 aromatic rings. The van der Waals surface area contributed by atoms with Gasteiger partial charge in [-0.15, -0.1) is 0 Å². The lowest BCUT2D eigenvalue weighted by Gasteiger charge is -2.09. The lowest BCUT2D eigenvalue weighted by molar-refractivity contribution is 0.0696. The van der Waals surface area contributed by atoms with Crippen molar-refractivity contribution in [3.05, 3.63) is 62.6 Å². The highest BCUT2D eigenvalue weighted by molar-refractivity contribution is 9.10. The molecule has 0 bridgehead atoms. The molecule has 0 aliphatic heterocycles. The summed E-state index contributed by atoms with van der Waals surface area (Å²) in [6, 6.07) is 9.50. The second-order valence-corrected chi connectivity index (χ2v) is 5.70. The molecule has 108 valence electrons. The van der Waals surface area contributed by atoms with Crippen LogP contribution in [0.5, 0.6) is 0 Å². The summed E-state index contributed by atoms with van der Waals surface area (Å²) in [7, 11) is 0. The number of benzene rings is 2. The van der Waals surface area contributed by atoms with E-state index in [1.807, 2.05) is 0 Å². The molecule has 21 heavy (non-hydrogen) atoms. The first-order valence-corrected chi connectivity index (χ1v) is 7.16. The molecule has 0 unspecified atom stereocenters. The standard InChI is InChI=1S/C15H11BrClNO3/c1-8-6-10(3-5-11(8)15(20)21)18-14(19)12-4-2-9(17)7-13(12)16/h2-7H,1H3,(H,18,19)(H,20,21). The van der Waals surface area contributed by atoms with Gasteiger partial charge in [-0.05, 0) is 64.8 Å². The Hall–Kier alpha value is -1.85. The molecule has 1 amide bonds. The Morgan fingerprint density at radius 1 is 1.14 bits per heavy atom. The van der Waals surface area contributed by atoms with Gasteiger partial charge in [0.15, 0.2) is 0 Å². The van der Waals surface area contributed by atoms with E-state index in [1.54, 1.807) is 37.3 Å². The van der Waals surface area contributed by atoms with E-state index < -0.39 is 5.97 Å². The van der Waals surface area contributed by atoms with E-state index in [1.165, 1.54) is 6.07 Å².